The minimum atomic E-state index is -3.92. The summed E-state index contributed by atoms with van der Waals surface area (Å²) in [4.78, 5) is 30.9. The molecule has 0 radical (unpaired) electrons. The zero-order valence-corrected chi connectivity index (χ0v) is 25.4. The molecule has 13 heteroatoms. The third-order valence-electron chi connectivity index (χ3n) is 7.17. The molecule has 39 heavy (non-hydrogen) atoms. The van der Waals surface area contributed by atoms with Gasteiger partial charge in [-0.1, -0.05) is 43.9 Å². The predicted octanol–water partition coefficient (Wildman–Crippen LogP) is 5.24. The van der Waals surface area contributed by atoms with Crippen molar-refractivity contribution in [3.63, 3.8) is 0 Å². The number of anilines is 1. The van der Waals surface area contributed by atoms with Gasteiger partial charge in [-0.15, -0.1) is 11.8 Å². The van der Waals surface area contributed by atoms with Crippen molar-refractivity contribution in [2.75, 3.05) is 24.7 Å². The van der Waals surface area contributed by atoms with E-state index in [1.54, 1.807) is 37.7 Å². The minimum absolute atomic E-state index is 0.113. The quantitative estimate of drug-likeness (QED) is 0.158. The highest BCUT2D eigenvalue weighted by atomic mass is 32.2. The fourth-order valence-corrected chi connectivity index (χ4v) is 9.96. The largest absolute Gasteiger partial charge is 0.465 e. The van der Waals surface area contributed by atoms with Crippen LogP contribution in [0.5, 0.6) is 0 Å². The summed E-state index contributed by atoms with van der Waals surface area (Å²) in [6.45, 7) is 6.01. The number of nitrogens with zero attached hydrogens (tertiary/aromatic N) is 1. The molecule has 2 fully saturated rings. The molecule has 0 unspecified atom stereocenters. The normalized spacial score (nSPS) is 18.3. The maximum atomic E-state index is 15.1. The molecule has 2 saturated carbocycles. The van der Waals surface area contributed by atoms with E-state index >= 15 is 4.57 Å². The van der Waals surface area contributed by atoms with Crippen molar-refractivity contribution in [2.24, 2.45) is 0 Å². The van der Waals surface area contributed by atoms with Crippen LogP contribution in [-0.4, -0.2) is 47.0 Å². The SMILES string of the molecule is CCCSc1sc(N)nc1-c1ccc(P(=O)(NC2(C(=O)OCC)CCCC2)NC2(C(=O)OCC)CCCC2)o1. The zero-order valence-electron chi connectivity index (χ0n) is 22.9. The summed E-state index contributed by atoms with van der Waals surface area (Å²) in [5, 5.41) is 6.81. The average Bonchev–Trinajstić information content (AvgIpc) is 3.70. The molecule has 4 rings (SSSR count). The maximum absolute atomic E-state index is 15.1. The van der Waals surface area contributed by atoms with Crippen molar-refractivity contribution in [1.29, 1.82) is 0 Å². The predicted molar refractivity (Wildman–Crippen MR) is 154 cm³/mol. The lowest BCUT2D eigenvalue weighted by Gasteiger charge is -2.37. The molecule has 2 aliphatic carbocycles. The summed E-state index contributed by atoms with van der Waals surface area (Å²) in [7, 11) is -3.92. The van der Waals surface area contributed by atoms with Crippen molar-refractivity contribution in [2.45, 2.75) is 93.8 Å². The lowest BCUT2D eigenvalue weighted by atomic mass is 10.00. The Labute approximate surface area is 238 Å². The third kappa shape index (κ3) is 6.40. The van der Waals surface area contributed by atoms with Crippen LogP contribution in [0.25, 0.3) is 11.5 Å². The van der Waals surface area contributed by atoms with E-state index in [2.05, 4.69) is 22.1 Å². The number of carbonyl (C=O) groups is 2. The van der Waals surface area contributed by atoms with E-state index in [9.17, 15) is 9.59 Å². The van der Waals surface area contributed by atoms with Crippen LogP contribution in [0.1, 0.15) is 78.6 Å². The van der Waals surface area contributed by atoms with Gasteiger partial charge in [0.1, 0.15) is 16.8 Å². The highest BCUT2D eigenvalue weighted by Crippen LogP contribution is 2.49. The van der Waals surface area contributed by atoms with Crippen LogP contribution in [-0.2, 0) is 23.6 Å². The molecule has 10 nitrogen and oxygen atoms in total. The van der Waals surface area contributed by atoms with Gasteiger partial charge in [-0.2, -0.15) is 0 Å². The maximum Gasteiger partial charge on any atom is 0.326 e. The molecular weight excluding hydrogens is 559 g/mol. The number of thiazole rings is 1. The fourth-order valence-electron chi connectivity index (χ4n) is 5.35. The number of hydrogen-bond donors (Lipinski definition) is 3. The van der Waals surface area contributed by atoms with Crippen LogP contribution in [0.2, 0.25) is 0 Å². The summed E-state index contributed by atoms with van der Waals surface area (Å²) in [5.41, 5.74) is 4.41. The van der Waals surface area contributed by atoms with Crippen LogP contribution in [0.3, 0.4) is 0 Å². The van der Waals surface area contributed by atoms with E-state index in [4.69, 9.17) is 19.6 Å². The van der Waals surface area contributed by atoms with E-state index in [0.29, 0.717) is 42.3 Å². The number of ether oxygens (including phenoxy) is 2. The number of esters is 2. The molecule has 0 aliphatic heterocycles. The Kier molecular flexibility index (Phi) is 9.86. The molecule has 0 spiro atoms. The molecule has 2 aromatic rings. The number of carbonyl (C=O) groups excluding carboxylic acids is 2. The molecular formula is C26H39N4O6PS2. The summed E-state index contributed by atoms with van der Waals surface area (Å²) in [6.07, 6.45) is 6.01. The summed E-state index contributed by atoms with van der Waals surface area (Å²) < 4.78 is 33.1. The first-order valence-corrected chi connectivity index (χ1v) is 17.2. The van der Waals surface area contributed by atoms with Gasteiger partial charge < -0.3 is 19.6 Å². The molecule has 0 saturated heterocycles. The zero-order chi connectivity index (χ0) is 28.1. The lowest BCUT2D eigenvalue weighted by molar-refractivity contribution is -0.150. The average molecular weight is 599 g/mol. The standard InChI is InChI=1S/C26H39N4O6PS2/c1-4-17-38-21-20(28-24(27)39-21)18-11-12-19(36-18)37(33,29-25(13-7-8-14-25)22(31)34-5-2)30-26(15-9-10-16-26)23(32)35-6-3/h11-12H,4-10,13-17H2,1-3H3,(H2,27,28)(H2,29,30,33). The van der Waals surface area contributed by atoms with Gasteiger partial charge in [0.05, 0.1) is 17.4 Å². The first kappa shape index (κ1) is 30.1. The van der Waals surface area contributed by atoms with Crippen LogP contribution in [0.15, 0.2) is 20.8 Å². The Morgan fingerprint density at radius 1 is 1.03 bits per heavy atom. The Morgan fingerprint density at radius 3 is 2.05 bits per heavy atom. The number of hydrogen-bond acceptors (Lipinski definition) is 10. The minimum Gasteiger partial charge on any atom is -0.465 e. The molecule has 2 heterocycles. The van der Waals surface area contributed by atoms with Crippen molar-refractivity contribution in [3.05, 3.63) is 12.1 Å². The number of nitrogens with one attached hydrogen (secondary N) is 2. The van der Waals surface area contributed by atoms with Crippen LogP contribution in [0.4, 0.5) is 5.13 Å². The van der Waals surface area contributed by atoms with Gasteiger partial charge >= 0.3 is 11.9 Å². The van der Waals surface area contributed by atoms with Crippen molar-refractivity contribution < 1.29 is 28.0 Å². The second-order valence-electron chi connectivity index (χ2n) is 10.0. The number of nitrogen functional groups attached to an aromatic ring is 1. The van der Waals surface area contributed by atoms with Crippen LogP contribution >= 0.6 is 30.5 Å². The van der Waals surface area contributed by atoms with Gasteiger partial charge in [0.15, 0.2) is 16.4 Å². The number of nitrogens with two attached hydrogens (primary N) is 1. The number of aromatic nitrogens is 1. The van der Waals surface area contributed by atoms with E-state index in [0.717, 1.165) is 42.1 Å². The second-order valence-corrected chi connectivity index (χ2v) is 14.5. The van der Waals surface area contributed by atoms with Crippen LogP contribution in [0, 0.1) is 0 Å². The lowest BCUT2D eigenvalue weighted by Crippen LogP contribution is -2.57. The Morgan fingerprint density at radius 2 is 1.56 bits per heavy atom. The van der Waals surface area contributed by atoms with E-state index in [1.807, 2.05) is 0 Å². The van der Waals surface area contributed by atoms with Crippen molar-refractivity contribution in [3.8, 4) is 11.5 Å². The first-order valence-electron chi connectivity index (χ1n) is 13.7. The van der Waals surface area contributed by atoms with Gasteiger partial charge in [0.25, 0.3) is 7.44 Å². The third-order valence-corrected chi connectivity index (χ3v) is 11.9. The first-order chi connectivity index (χ1) is 18.7. The molecule has 0 atom stereocenters. The van der Waals surface area contributed by atoms with Gasteiger partial charge in [-0.05, 0) is 63.8 Å². The monoisotopic (exact) mass is 598 g/mol. The van der Waals surface area contributed by atoms with Gasteiger partial charge in [0.2, 0.25) is 0 Å². The Balaban J connectivity index is 1.77. The number of rotatable bonds is 13. The molecule has 2 aliphatic rings. The number of thioether (sulfide) groups is 1. The van der Waals surface area contributed by atoms with Crippen LogP contribution < -0.4 is 21.4 Å². The van der Waals surface area contributed by atoms with Gasteiger partial charge in [-0.25, -0.2) is 15.2 Å². The van der Waals surface area contributed by atoms with E-state index < -0.39 is 30.5 Å². The summed E-state index contributed by atoms with van der Waals surface area (Å²) in [5.74, 6) is 0.430. The Hall–Kier alpha value is -1.85. The molecule has 0 amide bonds. The highest BCUT2D eigenvalue weighted by Gasteiger charge is 2.53. The van der Waals surface area contributed by atoms with Crippen molar-refractivity contribution in [1.82, 2.24) is 15.2 Å². The fraction of sp³-hybridized carbons (Fsp3) is 0.654. The number of furan rings is 1. The summed E-state index contributed by atoms with van der Waals surface area (Å²) in [6, 6.07) is 3.34. The summed E-state index contributed by atoms with van der Waals surface area (Å²) >= 11 is 3.03. The second kappa shape index (κ2) is 12.8. The molecule has 0 bridgehead atoms. The molecule has 2 aromatic heterocycles. The van der Waals surface area contributed by atoms with Gasteiger partial charge in [-0.3, -0.25) is 14.2 Å². The van der Waals surface area contributed by atoms with Crippen molar-refractivity contribution >= 4 is 53.1 Å². The van der Waals surface area contributed by atoms with Gasteiger partial charge in [0, 0.05) is 0 Å². The molecule has 0 aromatic carbocycles. The highest BCUT2D eigenvalue weighted by molar-refractivity contribution is 8.01. The van der Waals surface area contributed by atoms with E-state index in [-0.39, 0.29) is 18.7 Å². The van der Waals surface area contributed by atoms with E-state index in [1.165, 1.54) is 11.3 Å². The molecule has 4 N–H and O–H groups in total. The smallest absolute Gasteiger partial charge is 0.326 e. The Bertz CT molecular complexity index is 1160. The topological polar surface area (TPSA) is 146 Å². The molecule has 216 valence electrons.